The summed E-state index contributed by atoms with van der Waals surface area (Å²) < 4.78 is 7.53. The Morgan fingerprint density at radius 2 is 1.47 bits per heavy atom. The molecule has 1 aliphatic carbocycles. The number of carbonyl (C=O) groups excluding carboxylic acids is 1. The first-order valence-corrected chi connectivity index (χ1v) is 19.8. The van der Waals surface area contributed by atoms with Crippen LogP contribution in [0.2, 0.25) is 15.1 Å². The normalized spacial score (nSPS) is 22.2. The summed E-state index contributed by atoms with van der Waals surface area (Å²) in [5.74, 6) is -1.12. The molecule has 4 aromatic carbocycles. The summed E-state index contributed by atoms with van der Waals surface area (Å²) in [5, 5.41) is 13.5. The average molecular weight is 715 g/mol. The van der Waals surface area contributed by atoms with Gasteiger partial charge in [0.2, 0.25) is 5.91 Å². The van der Waals surface area contributed by atoms with Gasteiger partial charge in [0.05, 0.1) is 30.5 Å². The molecule has 4 unspecified atom stereocenters. The lowest BCUT2D eigenvalue weighted by Gasteiger charge is -2.53. The standard InChI is InChI=1S/C41H45Cl2NO4Si/c1-40(2,3)49(33-14-7-5-8-15-33,34-16-9-6-10-17-34)48-27-36(28-18-19-28)44-38(29-20-22-31(42)23-21-29)35(30-12-11-13-32(43)24-30)25-41(4,39(44)47)26-37(45)46/h5-17,20-24,28,35-36,38H,18-19,25-27H2,1-4H3,(H,45,46). The number of amides is 1. The Kier molecular flexibility index (Phi) is 10.2. The number of hydrogen-bond donors (Lipinski definition) is 1. The maximum atomic E-state index is 15.1. The molecule has 4 atom stereocenters. The molecule has 1 saturated carbocycles. The number of carboxylic acid groups (broad SMARTS) is 1. The van der Waals surface area contributed by atoms with Gasteiger partial charge >= 0.3 is 5.97 Å². The molecule has 5 nitrogen and oxygen atoms in total. The Balaban J connectivity index is 1.52. The summed E-state index contributed by atoms with van der Waals surface area (Å²) in [7, 11) is -2.94. The number of carbonyl (C=O) groups is 2. The van der Waals surface area contributed by atoms with Crippen molar-refractivity contribution in [1.82, 2.24) is 4.90 Å². The quantitative estimate of drug-likeness (QED) is 0.158. The second-order valence-electron chi connectivity index (χ2n) is 15.1. The molecule has 6 rings (SSSR count). The van der Waals surface area contributed by atoms with Gasteiger partial charge in [-0.1, -0.05) is 136 Å². The fourth-order valence-electron chi connectivity index (χ4n) is 8.14. The van der Waals surface area contributed by atoms with Crippen LogP contribution in [-0.4, -0.2) is 42.8 Å². The molecule has 1 N–H and O–H groups in total. The highest BCUT2D eigenvalue weighted by Crippen LogP contribution is 2.54. The molecule has 0 spiro atoms. The zero-order chi connectivity index (χ0) is 35.0. The molecule has 1 saturated heterocycles. The Hall–Kier alpha value is -3.42. The van der Waals surface area contributed by atoms with E-state index >= 15 is 4.79 Å². The van der Waals surface area contributed by atoms with Crippen molar-refractivity contribution >= 4 is 53.8 Å². The van der Waals surface area contributed by atoms with Gasteiger partial charge in [0.1, 0.15) is 0 Å². The van der Waals surface area contributed by atoms with Crippen LogP contribution < -0.4 is 10.4 Å². The minimum atomic E-state index is -2.94. The lowest BCUT2D eigenvalue weighted by molar-refractivity contribution is -0.162. The largest absolute Gasteiger partial charge is 0.481 e. The van der Waals surface area contributed by atoms with Crippen molar-refractivity contribution in [3.8, 4) is 0 Å². The number of rotatable bonds is 11. The van der Waals surface area contributed by atoms with E-state index in [0.717, 1.165) is 24.0 Å². The number of hydrogen-bond acceptors (Lipinski definition) is 3. The van der Waals surface area contributed by atoms with Crippen molar-refractivity contribution in [1.29, 1.82) is 0 Å². The van der Waals surface area contributed by atoms with Gasteiger partial charge in [-0.3, -0.25) is 9.59 Å². The lowest BCUT2D eigenvalue weighted by atomic mass is 9.67. The number of aliphatic carboxylic acids is 1. The predicted molar refractivity (Wildman–Crippen MR) is 200 cm³/mol. The van der Waals surface area contributed by atoms with E-state index < -0.39 is 19.7 Å². The summed E-state index contributed by atoms with van der Waals surface area (Å²) in [6, 6.07) is 35.9. The van der Waals surface area contributed by atoms with Crippen LogP contribution in [0.4, 0.5) is 0 Å². The van der Waals surface area contributed by atoms with Gasteiger partial charge in [0.15, 0.2) is 0 Å². The van der Waals surface area contributed by atoms with E-state index in [0.29, 0.717) is 23.1 Å². The van der Waals surface area contributed by atoms with Crippen LogP contribution in [0, 0.1) is 11.3 Å². The summed E-state index contributed by atoms with van der Waals surface area (Å²) in [6.07, 6.45) is 2.06. The monoisotopic (exact) mass is 713 g/mol. The van der Waals surface area contributed by atoms with E-state index in [2.05, 4.69) is 69.3 Å². The minimum Gasteiger partial charge on any atom is -0.481 e. The minimum absolute atomic E-state index is 0.143. The highest BCUT2D eigenvalue weighted by Gasteiger charge is 2.56. The maximum absolute atomic E-state index is 15.1. The van der Waals surface area contributed by atoms with Crippen LogP contribution in [0.25, 0.3) is 0 Å². The fourth-order valence-corrected chi connectivity index (χ4v) is 13.0. The Morgan fingerprint density at radius 3 is 1.98 bits per heavy atom. The molecule has 2 fully saturated rings. The van der Waals surface area contributed by atoms with Gasteiger partial charge in [-0.2, -0.15) is 0 Å². The molecule has 256 valence electrons. The number of carboxylic acids is 1. The van der Waals surface area contributed by atoms with Gasteiger partial charge in [-0.25, -0.2) is 0 Å². The van der Waals surface area contributed by atoms with Crippen molar-refractivity contribution in [2.75, 3.05) is 6.61 Å². The van der Waals surface area contributed by atoms with E-state index in [1.165, 1.54) is 10.4 Å². The van der Waals surface area contributed by atoms with Gasteiger partial charge in [-0.05, 0) is 76.0 Å². The van der Waals surface area contributed by atoms with Crippen molar-refractivity contribution < 1.29 is 19.1 Å². The molecule has 8 heteroatoms. The van der Waals surface area contributed by atoms with Gasteiger partial charge in [0, 0.05) is 16.0 Å². The third-order valence-corrected chi connectivity index (χ3v) is 16.0. The van der Waals surface area contributed by atoms with Crippen molar-refractivity contribution in [2.24, 2.45) is 11.3 Å². The molecular weight excluding hydrogens is 669 g/mol. The summed E-state index contributed by atoms with van der Waals surface area (Å²) >= 11 is 13.0. The smallest absolute Gasteiger partial charge is 0.304 e. The average Bonchev–Trinajstić information content (AvgIpc) is 3.91. The molecular formula is C41H45Cl2NO4Si. The molecule has 49 heavy (non-hydrogen) atoms. The lowest BCUT2D eigenvalue weighted by Crippen LogP contribution is -2.68. The first-order valence-electron chi connectivity index (χ1n) is 17.1. The second kappa shape index (κ2) is 14.1. The summed E-state index contributed by atoms with van der Waals surface area (Å²) in [5.41, 5.74) is 0.798. The van der Waals surface area contributed by atoms with E-state index in [4.69, 9.17) is 27.6 Å². The summed E-state index contributed by atoms with van der Waals surface area (Å²) in [6.45, 7) is 8.92. The highest BCUT2D eigenvalue weighted by molar-refractivity contribution is 6.99. The van der Waals surface area contributed by atoms with E-state index in [1.54, 1.807) is 0 Å². The van der Waals surface area contributed by atoms with Crippen LogP contribution in [-0.2, 0) is 14.0 Å². The summed E-state index contributed by atoms with van der Waals surface area (Å²) in [4.78, 5) is 29.5. The molecule has 1 heterocycles. The zero-order valence-corrected chi connectivity index (χ0v) is 31.1. The first-order chi connectivity index (χ1) is 23.3. The van der Waals surface area contributed by atoms with E-state index in [1.807, 2.05) is 72.5 Å². The third kappa shape index (κ3) is 7.11. The van der Waals surface area contributed by atoms with Crippen LogP contribution in [0.15, 0.2) is 109 Å². The molecule has 0 bridgehead atoms. The number of halogens is 2. The Labute approximate surface area is 301 Å². The molecule has 0 radical (unpaired) electrons. The predicted octanol–water partition coefficient (Wildman–Crippen LogP) is 8.89. The van der Waals surface area contributed by atoms with Crippen molar-refractivity contribution in [3.63, 3.8) is 0 Å². The zero-order valence-electron chi connectivity index (χ0n) is 28.6. The fraction of sp³-hybridized carbons (Fsp3) is 0.366. The second-order valence-corrected chi connectivity index (χ2v) is 20.3. The van der Waals surface area contributed by atoms with E-state index in [9.17, 15) is 9.90 Å². The molecule has 0 aromatic heterocycles. The molecule has 1 aliphatic heterocycles. The number of nitrogens with zero attached hydrogens (tertiary/aromatic N) is 1. The third-order valence-electron chi connectivity index (χ3n) is 10.5. The van der Waals surface area contributed by atoms with Crippen LogP contribution in [0.3, 0.4) is 0 Å². The van der Waals surface area contributed by atoms with Crippen LogP contribution in [0.1, 0.15) is 76.5 Å². The van der Waals surface area contributed by atoms with Gasteiger partial charge < -0.3 is 14.4 Å². The van der Waals surface area contributed by atoms with Crippen molar-refractivity contribution in [2.45, 2.75) is 76.4 Å². The highest BCUT2D eigenvalue weighted by atomic mass is 35.5. The molecule has 4 aromatic rings. The van der Waals surface area contributed by atoms with Crippen LogP contribution >= 0.6 is 23.2 Å². The Morgan fingerprint density at radius 1 is 0.878 bits per heavy atom. The molecule has 1 amide bonds. The molecule has 2 aliphatic rings. The maximum Gasteiger partial charge on any atom is 0.304 e. The topological polar surface area (TPSA) is 66.8 Å². The number of likely N-dealkylation sites (tertiary alicyclic amines) is 1. The SMILES string of the molecule is CC1(CC(=O)O)CC(c2cccc(Cl)c2)C(c2ccc(Cl)cc2)N(C(CO[Si](c2ccccc2)(c2ccccc2)C(C)(C)C)C2CC2)C1=O. The van der Waals surface area contributed by atoms with Crippen LogP contribution in [0.5, 0.6) is 0 Å². The number of benzene rings is 4. The van der Waals surface area contributed by atoms with E-state index in [-0.39, 0.29) is 41.3 Å². The number of piperidine rings is 1. The van der Waals surface area contributed by atoms with Gasteiger partial charge in [0.25, 0.3) is 8.32 Å². The van der Waals surface area contributed by atoms with Gasteiger partial charge in [-0.15, -0.1) is 0 Å². The van der Waals surface area contributed by atoms with Crippen molar-refractivity contribution in [3.05, 3.63) is 130 Å². The Bertz CT molecular complexity index is 1740. The first kappa shape index (κ1) is 35.4.